The number of aromatic carboxylic acids is 1. The number of rotatable bonds is 5. The third-order valence-corrected chi connectivity index (χ3v) is 3.20. The van der Waals surface area contributed by atoms with Crippen LogP contribution in [-0.4, -0.2) is 44.1 Å². The van der Waals surface area contributed by atoms with E-state index >= 15 is 0 Å². The summed E-state index contributed by atoms with van der Waals surface area (Å²) in [5.74, 6) is -1.02. The van der Waals surface area contributed by atoms with Crippen LogP contribution in [0.25, 0.3) is 11.0 Å². The van der Waals surface area contributed by atoms with E-state index in [1.54, 1.807) is 11.7 Å². The summed E-state index contributed by atoms with van der Waals surface area (Å²) in [6.45, 7) is 4.21. The number of aliphatic hydroxyl groups is 1. The molecule has 1 atom stereocenters. The molecule has 0 bridgehead atoms. The van der Waals surface area contributed by atoms with Crippen molar-refractivity contribution in [2.75, 3.05) is 18.5 Å². The van der Waals surface area contributed by atoms with E-state index in [4.69, 9.17) is 5.11 Å². The van der Waals surface area contributed by atoms with E-state index in [0.29, 0.717) is 23.3 Å². The van der Waals surface area contributed by atoms with Crippen LogP contribution in [0, 0.1) is 12.8 Å². The Morgan fingerprint density at radius 1 is 1.55 bits per heavy atom. The van der Waals surface area contributed by atoms with E-state index in [1.165, 1.54) is 6.20 Å². The monoisotopic (exact) mass is 278 g/mol. The van der Waals surface area contributed by atoms with Crippen molar-refractivity contribution < 1.29 is 15.0 Å². The van der Waals surface area contributed by atoms with Gasteiger partial charge in [0, 0.05) is 26.4 Å². The molecule has 0 fully saturated rings. The number of aliphatic hydroxyl groups excluding tert-OH is 1. The summed E-state index contributed by atoms with van der Waals surface area (Å²) in [4.78, 5) is 15.5. The molecule has 0 spiro atoms. The Labute approximate surface area is 116 Å². The third kappa shape index (κ3) is 2.44. The maximum Gasteiger partial charge on any atom is 0.339 e. The SMILES string of the molecule is Cc1nn(C)c2ncc(C(=O)O)c(NCC(C)CO)c12. The minimum Gasteiger partial charge on any atom is -0.478 e. The van der Waals surface area contributed by atoms with Crippen molar-refractivity contribution in [3.05, 3.63) is 17.5 Å². The average molecular weight is 278 g/mol. The molecule has 2 aromatic heterocycles. The van der Waals surface area contributed by atoms with Crippen LogP contribution in [0.15, 0.2) is 6.20 Å². The van der Waals surface area contributed by atoms with Gasteiger partial charge in [0.25, 0.3) is 0 Å². The summed E-state index contributed by atoms with van der Waals surface area (Å²) >= 11 is 0. The number of hydrogen-bond donors (Lipinski definition) is 3. The number of carboxylic acids is 1. The number of carboxylic acid groups (broad SMARTS) is 1. The van der Waals surface area contributed by atoms with Gasteiger partial charge in [0.05, 0.1) is 16.8 Å². The summed E-state index contributed by atoms with van der Waals surface area (Å²) in [7, 11) is 1.77. The Morgan fingerprint density at radius 2 is 2.25 bits per heavy atom. The van der Waals surface area contributed by atoms with Gasteiger partial charge in [-0.15, -0.1) is 0 Å². The lowest BCUT2D eigenvalue weighted by molar-refractivity contribution is 0.0697. The van der Waals surface area contributed by atoms with E-state index in [0.717, 1.165) is 5.69 Å². The first kappa shape index (κ1) is 14.3. The van der Waals surface area contributed by atoms with Gasteiger partial charge in [0.1, 0.15) is 5.56 Å². The van der Waals surface area contributed by atoms with Crippen molar-refractivity contribution in [1.29, 1.82) is 0 Å². The Kier molecular flexibility index (Phi) is 3.89. The van der Waals surface area contributed by atoms with Crippen LogP contribution >= 0.6 is 0 Å². The van der Waals surface area contributed by atoms with E-state index in [9.17, 15) is 9.90 Å². The first-order chi connectivity index (χ1) is 9.45. The molecule has 7 heteroatoms. The number of hydrogen-bond acceptors (Lipinski definition) is 5. The molecule has 2 heterocycles. The molecule has 108 valence electrons. The van der Waals surface area contributed by atoms with Crippen molar-refractivity contribution in [2.45, 2.75) is 13.8 Å². The Hall–Kier alpha value is -2.15. The zero-order chi connectivity index (χ0) is 14.9. The Morgan fingerprint density at radius 3 is 2.85 bits per heavy atom. The molecule has 7 nitrogen and oxygen atoms in total. The molecule has 3 N–H and O–H groups in total. The molecule has 0 aliphatic heterocycles. The summed E-state index contributed by atoms with van der Waals surface area (Å²) in [5, 5.41) is 26.5. The van der Waals surface area contributed by atoms with Crippen LogP contribution in [0.1, 0.15) is 23.0 Å². The van der Waals surface area contributed by atoms with Crippen LogP contribution in [0.2, 0.25) is 0 Å². The summed E-state index contributed by atoms with van der Waals surface area (Å²) in [5.41, 5.74) is 1.97. The quantitative estimate of drug-likeness (QED) is 0.755. The average Bonchev–Trinajstić information content (AvgIpc) is 2.70. The fourth-order valence-electron chi connectivity index (χ4n) is 2.10. The van der Waals surface area contributed by atoms with Gasteiger partial charge >= 0.3 is 5.97 Å². The number of aryl methyl sites for hydroxylation is 2. The van der Waals surface area contributed by atoms with Gasteiger partial charge in [-0.25, -0.2) is 9.78 Å². The van der Waals surface area contributed by atoms with Crippen LogP contribution in [-0.2, 0) is 7.05 Å². The Bertz CT molecular complexity index is 651. The minimum absolute atomic E-state index is 0.0248. The van der Waals surface area contributed by atoms with Crippen molar-refractivity contribution in [1.82, 2.24) is 14.8 Å². The number of nitrogens with zero attached hydrogens (tertiary/aromatic N) is 3. The fraction of sp³-hybridized carbons (Fsp3) is 0.462. The van der Waals surface area contributed by atoms with Gasteiger partial charge in [-0.1, -0.05) is 6.92 Å². The number of nitrogens with one attached hydrogen (secondary N) is 1. The number of anilines is 1. The van der Waals surface area contributed by atoms with Gasteiger partial charge in [-0.05, 0) is 12.8 Å². The topological polar surface area (TPSA) is 100 Å². The molecular weight excluding hydrogens is 260 g/mol. The minimum atomic E-state index is -1.04. The lowest BCUT2D eigenvalue weighted by Crippen LogP contribution is -2.17. The highest BCUT2D eigenvalue weighted by atomic mass is 16.4. The predicted octanol–water partition coefficient (Wildman–Crippen LogP) is 1.02. The number of aromatic nitrogens is 3. The fourth-order valence-corrected chi connectivity index (χ4v) is 2.10. The predicted molar refractivity (Wildman–Crippen MR) is 74.9 cm³/mol. The van der Waals surface area contributed by atoms with Gasteiger partial charge in [-0.2, -0.15) is 5.10 Å². The van der Waals surface area contributed by atoms with E-state index in [1.807, 2.05) is 13.8 Å². The van der Waals surface area contributed by atoms with Crippen molar-refractivity contribution in [2.24, 2.45) is 13.0 Å². The van der Waals surface area contributed by atoms with Crippen LogP contribution < -0.4 is 5.32 Å². The molecule has 0 aromatic carbocycles. The molecule has 0 amide bonds. The van der Waals surface area contributed by atoms with E-state index in [-0.39, 0.29) is 18.1 Å². The maximum absolute atomic E-state index is 11.3. The van der Waals surface area contributed by atoms with Crippen molar-refractivity contribution in [3.63, 3.8) is 0 Å². The number of carbonyl (C=O) groups is 1. The summed E-state index contributed by atoms with van der Waals surface area (Å²) in [6.07, 6.45) is 1.33. The zero-order valence-corrected chi connectivity index (χ0v) is 11.7. The first-order valence-corrected chi connectivity index (χ1v) is 6.36. The summed E-state index contributed by atoms with van der Waals surface area (Å²) < 4.78 is 1.62. The molecule has 0 aliphatic carbocycles. The van der Waals surface area contributed by atoms with Crippen LogP contribution in [0.3, 0.4) is 0 Å². The number of fused-ring (bicyclic) bond motifs is 1. The molecule has 0 saturated heterocycles. The zero-order valence-electron chi connectivity index (χ0n) is 11.7. The van der Waals surface area contributed by atoms with Crippen LogP contribution in [0.4, 0.5) is 5.69 Å². The summed E-state index contributed by atoms with van der Waals surface area (Å²) in [6, 6.07) is 0. The number of pyridine rings is 1. The molecule has 2 rings (SSSR count). The second kappa shape index (κ2) is 5.46. The molecule has 20 heavy (non-hydrogen) atoms. The molecule has 0 radical (unpaired) electrons. The first-order valence-electron chi connectivity index (χ1n) is 6.36. The lowest BCUT2D eigenvalue weighted by Gasteiger charge is -2.14. The largest absolute Gasteiger partial charge is 0.478 e. The van der Waals surface area contributed by atoms with Crippen molar-refractivity contribution >= 4 is 22.7 Å². The third-order valence-electron chi connectivity index (χ3n) is 3.20. The van der Waals surface area contributed by atoms with E-state index < -0.39 is 5.97 Å². The second-order valence-corrected chi connectivity index (χ2v) is 4.93. The standard InChI is InChI=1S/C13H18N4O3/c1-7(6-18)4-14-11-9(13(19)20)5-15-12-10(11)8(2)16-17(12)3/h5,7,18H,4,6H2,1-3H3,(H,14,15)(H,19,20). The normalized spacial score (nSPS) is 12.6. The highest BCUT2D eigenvalue weighted by Crippen LogP contribution is 2.28. The molecule has 0 saturated carbocycles. The maximum atomic E-state index is 11.3. The molecular formula is C13H18N4O3. The highest BCUT2D eigenvalue weighted by molar-refractivity contribution is 6.04. The second-order valence-electron chi connectivity index (χ2n) is 4.93. The van der Waals surface area contributed by atoms with E-state index in [2.05, 4.69) is 15.4 Å². The van der Waals surface area contributed by atoms with Crippen LogP contribution in [0.5, 0.6) is 0 Å². The van der Waals surface area contributed by atoms with Gasteiger partial charge in [0.2, 0.25) is 0 Å². The molecule has 0 aliphatic rings. The van der Waals surface area contributed by atoms with Gasteiger partial charge < -0.3 is 15.5 Å². The molecule has 1 unspecified atom stereocenters. The smallest absolute Gasteiger partial charge is 0.339 e. The lowest BCUT2D eigenvalue weighted by atomic mass is 10.1. The van der Waals surface area contributed by atoms with Gasteiger partial charge in [-0.3, -0.25) is 4.68 Å². The van der Waals surface area contributed by atoms with Gasteiger partial charge in [0.15, 0.2) is 5.65 Å². The Balaban J connectivity index is 2.56. The highest BCUT2D eigenvalue weighted by Gasteiger charge is 2.19. The van der Waals surface area contributed by atoms with Crippen molar-refractivity contribution in [3.8, 4) is 0 Å². The molecule has 2 aromatic rings.